The molecule has 0 bridgehead atoms. The van der Waals surface area contributed by atoms with Gasteiger partial charge in [0.2, 0.25) is 0 Å². The molecule has 2 N–H and O–H groups in total. The third-order valence-corrected chi connectivity index (χ3v) is 2.32. The Bertz CT molecular complexity index is 482. The molecule has 0 aliphatic carbocycles. The number of carbonyl (C=O) groups is 1. The number of amides is 1. The molecule has 0 spiro atoms. The SMILES string of the molecule is O=C(NCc1cnc[nH]1)c1cccc(Cl)c1. The second kappa shape index (κ2) is 4.81. The standard InChI is InChI=1S/C11H10ClN3O/c12-9-3-1-2-8(4-9)11(16)14-6-10-5-13-7-15-10/h1-5,7H,6H2,(H,13,15)(H,14,16). The van der Waals surface area contributed by atoms with Crippen molar-refractivity contribution in [2.24, 2.45) is 0 Å². The number of benzene rings is 1. The Kier molecular flexibility index (Phi) is 3.22. The summed E-state index contributed by atoms with van der Waals surface area (Å²) in [6.07, 6.45) is 3.24. The quantitative estimate of drug-likeness (QED) is 0.855. The van der Waals surface area contributed by atoms with Gasteiger partial charge in [-0.05, 0) is 18.2 Å². The zero-order valence-electron chi connectivity index (χ0n) is 8.40. The van der Waals surface area contributed by atoms with E-state index in [1.165, 1.54) is 0 Å². The van der Waals surface area contributed by atoms with Crippen LogP contribution in [0.2, 0.25) is 5.02 Å². The highest BCUT2D eigenvalue weighted by Crippen LogP contribution is 2.10. The molecule has 2 rings (SSSR count). The lowest BCUT2D eigenvalue weighted by Crippen LogP contribution is -2.22. The van der Waals surface area contributed by atoms with E-state index in [1.54, 1.807) is 36.8 Å². The van der Waals surface area contributed by atoms with Gasteiger partial charge in [-0.3, -0.25) is 4.79 Å². The summed E-state index contributed by atoms with van der Waals surface area (Å²) in [7, 11) is 0. The Morgan fingerprint density at radius 1 is 1.50 bits per heavy atom. The van der Waals surface area contributed by atoms with Gasteiger partial charge in [-0.25, -0.2) is 4.98 Å². The predicted molar refractivity (Wildman–Crippen MR) is 61.2 cm³/mol. The highest BCUT2D eigenvalue weighted by molar-refractivity contribution is 6.30. The lowest BCUT2D eigenvalue weighted by Gasteiger charge is -2.03. The molecule has 1 aromatic carbocycles. The number of carbonyl (C=O) groups excluding carboxylic acids is 1. The molecule has 1 amide bonds. The van der Waals surface area contributed by atoms with Gasteiger partial charge in [-0.2, -0.15) is 0 Å². The third-order valence-electron chi connectivity index (χ3n) is 2.08. The number of hydrogen-bond donors (Lipinski definition) is 2. The van der Waals surface area contributed by atoms with Crippen molar-refractivity contribution in [1.82, 2.24) is 15.3 Å². The molecule has 0 radical (unpaired) electrons. The number of rotatable bonds is 3. The second-order valence-corrected chi connectivity index (χ2v) is 3.71. The summed E-state index contributed by atoms with van der Waals surface area (Å²) in [5.74, 6) is -0.155. The zero-order chi connectivity index (χ0) is 11.4. The van der Waals surface area contributed by atoms with Crippen molar-refractivity contribution >= 4 is 17.5 Å². The highest BCUT2D eigenvalue weighted by atomic mass is 35.5. The van der Waals surface area contributed by atoms with Crippen molar-refractivity contribution in [3.63, 3.8) is 0 Å². The summed E-state index contributed by atoms with van der Waals surface area (Å²) in [4.78, 5) is 18.5. The molecule has 16 heavy (non-hydrogen) atoms. The van der Waals surface area contributed by atoms with Crippen LogP contribution >= 0.6 is 11.6 Å². The van der Waals surface area contributed by atoms with Crippen molar-refractivity contribution in [2.45, 2.75) is 6.54 Å². The van der Waals surface area contributed by atoms with Crippen LogP contribution in [0.1, 0.15) is 16.1 Å². The van der Waals surface area contributed by atoms with E-state index in [0.717, 1.165) is 5.69 Å². The number of halogens is 1. The molecular weight excluding hydrogens is 226 g/mol. The third kappa shape index (κ3) is 2.61. The van der Waals surface area contributed by atoms with E-state index >= 15 is 0 Å². The maximum Gasteiger partial charge on any atom is 0.251 e. The average molecular weight is 236 g/mol. The van der Waals surface area contributed by atoms with Gasteiger partial charge in [-0.15, -0.1) is 0 Å². The number of imidazole rings is 1. The molecule has 82 valence electrons. The summed E-state index contributed by atoms with van der Waals surface area (Å²) >= 11 is 5.79. The minimum absolute atomic E-state index is 0.155. The Morgan fingerprint density at radius 2 is 2.38 bits per heavy atom. The normalized spacial score (nSPS) is 10.1. The number of H-pyrrole nitrogens is 1. The molecule has 0 saturated heterocycles. The summed E-state index contributed by atoms with van der Waals surface area (Å²) in [6, 6.07) is 6.82. The van der Waals surface area contributed by atoms with Crippen LogP contribution in [0, 0.1) is 0 Å². The van der Waals surface area contributed by atoms with Gasteiger partial charge in [0.05, 0.1) is 18.6 Å². The van der Waals surface area contributed by atoms with E-state index in [2.05, 4.69) is 15.3 Å². The van der Waals surface area contributed by atoms with Gasteiger partial charge in [0.1, 0.15) is 0 Å². The van der Waals surface area contributed by atoms with Crippen LogP contribution in [-0.2, 0) is 6.54 Å². The van der Waals surface area contributed by atoms with E-state index in [-0.39, 0.29) is 5.91 Å². The van der Waals surface area contributed by atoms with E-state index in [1.807, 2.05) is 0 Å². The molecule has 0 atom stereocenters. The second-order valence-electron chi connectivity index (χ2n) is 3.27. The Balaban J connectivity index is 1.98. The summed E-state index contributed by atoms with van der Waals surface area (Å²) in [6.45, 7) is 0.422. The van der Waals surface area contributed by atoms with E-state index in [4.69, 9.17) is 11.6 Å². The molecule has 1 heterocycles. The molecule has 1 aromatic heterocycles. The Hall–Kier alpha value is -1.81. The fraction of sp³-hybridized carbons (Fsp3) is 0.0909. The number of aromatic nitrogens is 2. The molecule has 2 aromatic rings. The van der Waals surface area contributed by atoms with Crippen LogP contribution in [0.15, 0.2) is 36.8 Å². The number of hydrogen-bond acceptors (Lipinski definition) is 2. The van der Waals surface area contributed by atoms with Crippen molar-refractivity contribution in [3.05, 3.63) is 53.1 Å². The van der Waals surface area contributed by atoms with Crippen LogP contribution in [0.25, 0.3) is 0 Å². The van der Waals surface area contributed by atoms with E-state index in [9.17, 15) is 4.79 Å². The Labute approximate surface area is 97.7 Å². The Morgan fingerprint density at radius 3 is 3.06 bits per heavy atom. The first-order valence-electron chi connectivity index (χ1n) is 4.77. The summed E-state index contributed by atoms with van der Waals surface area (Å²) in [5.41, 5.74) is 1.40. The molecule has 5 heteroatoms. The summed E-state index contributed by atoms with van der Waals surface area (Å²) < 4.78 is 0. The molecule has 0 aliphatic rings. The molecule has 0 fully saturated rings. The van der Waals surface area contributed by atoms with Gasteiger partial charge >= 0.3 is 0 Å². The van der Waals surface area contributed by atoms with E-state index < -0.39 is 0 Å². The van der Waals surface area contributed by atoms with Gasteiger partial charge in [0.25, 0.3) is 5.91 Å². The lowest BCUT2D eigenvalue weighted by molar-refractivity contribution is 0.0950. The fourth-order valence-corrected chi connectivity index (χ4v) is 1.48. The van der Waals surface area contributed by atoms with Crippen molar-refractivity contribution in [3.8, 4) is 0 Å². The van der Waals surface area contributed by atoms with Crippen molar-refractivity contribution in [1.29, 1.82) is 0 Å². The first kappa shape index (κ1) is 10.7. The van der Waals surface area contributed by atoms with Gasteiger partial charge in [0.15, 0.2) is 0 Å². The predicted octanol–water partition coefficient (Wildman–Crippen LogP) is 1.99. The zero-order valence-corrected chi connectivity index (χ0v) is 9.16. The van der Waals surface area contributed by atoms with E-state index in [0.29, 0.717) is 17.1 Å². The number of nitrogens with zero attached hydrogens (tertiary/aromatic N) is 1. The first-order chi connectivity index (χ1) is 7.75. The fourth-order valence-electron chi connectivity index (χ4n) is 1.29. The van der Waals surface area contributed by atoms with Crippen LogP contribution in [-0.4, -0.2) is 15.9 Å². The largest absolute Gasteiger partial charge is 0.347 e. The molecule has 4 nitrogen and oxygen atoms in total. The van der Waals surface area contributed by atoms with Crippen LogP contribution in [0.3, 0.4) is 0 Å². The number of nitrogens with one attached hydrogen (secondary N) is 2. The first-order valence-corrected chi connectivity index (χ1v) is 5.14. The van der Waals surface area contributed by atoms with Gasteiger partial charge in [-0.1, -0.05) is 17.7 Å². The minimum Gasteiger partial charge on any atom is -0.347 e. The topological polar surface area (TPSA) is 57.8 Å². The maximum absolute atomic E-state index is 11.7. The summed E-state index contributed by atoms with van der Waals surface area (Å²) in [5, 5.41) is 3.31. The van der Waals surface area contributed by atoms with Crippen LogP contribution in [0.4, 0.5) is 0 Å². The molecule has 0 saturated carbocycles. The van der Waals surface area contributed by atoms with Crippen LogP contribution < -0.4 is 5.32 Å². The number of aromatic amines is 1. The highest BCUT2D eigenvalue weighted by Gasteiger charge is 2.05. The average Bonchev–Trinajstić information content (AvgIpc) is 2.78. The van der Waals surface area contributed by atoms with Crippen LogP contribution in [0.5, 0.6) is 0 Å². The minimum atomic E-state index is -0.155. The van der Waals surface area contributed by atoms with Crippen molar-refractivity contribution < 1.29 is 4.79 Å². The molecular formula is C11H10ClN3O. The lowest BCUT2D eigenvalue weighted by atomic mass is 10.2. The van der Waals surface area contributed by atoms with Gasteiger partial charge in [0, 0.05) is 16.8 Å². The molecule has 0 unspecified atom stereocenters. The monoisotopic (exact) mass is 235 g/mol. The van der Waals surface area contributed by atoms with Gasteiger partial charge < -0.3 is 10.3 Å². The maximum atomic E-state index is 11.7. The van der Waals surface area contributed by atoms with Crippen molar-refractivity contribution in [2.75, 3.05) is 0 Å². The molecule has 0 aliphatic heterocycles. The smallest absolute Gasteiger partial charge is 0.251 e.